The largest absolute Gasteiger partial charge is 0.0648 e. The van der Waals surface area contributed by atoms with Gasteiger partial charge in [-0.05, 0) is 49.0 Å². The van der Waals surface area contributed by atoms with E-state index in [1.165, 1.54) is 34.4 Å². The van der Waals surface area contributed by atoms with Gasteiger partial charge in [-0.25, -0.2) is 0 Å². The summed E-state index contributed by atoms with van der Waals surface area (Å²) in [5.41, 5.74) is 3.05. The van der Waals surface area contributed by atoms with Crippen LogP contribution in [0.15, 0.2) is 24.3 Å². The van der Waals surface area contributed by atoms with E-state index in [1.807, 2.05) is 0 Å². The minimum Gasteiger partial charge on any atom is -0.0648 e. The lowest BCUT2D eigenvalue weighted by Gasteiger charge is -2.13. The highest BCUT2D eigenvalue weighted by molar-refractivity contribution is 5.51. The summed E-state index contributed by atoms with van der Waals surface area (Å²) in [6.07, 6.45) is 2.42. The molecule has 1 aromatic rings. The number of rotatable bonds is 4. The lowest BCUT2D eigenvalue weighted by atomic mass is 9.93. The van der Waals surface area contributed by atoms with Crippen LogP contribution in [0.2, 0.25) is 0 Å². The fraction of sp³-hybridized carbons (Fsp3) is 0.556. The molecule has 18 heavy (non-hydrogen) atoms. The van der Waals surface area contributed by atoms with Gasteiger partial charge in [-0.15, -0.1) is 0 Å². The summed E-state index contributed by atoms with van der Waals surface area (Å²) in [6.45, 7) is 13.8. The van der Waals surface area contributed by atoms with Crippen LogP contribution in [-0.4, -0.2) is 0 Å². The molecule has 2 unspecified atom stereocenters. The third-order valence-corrected chi connectivity index (χ3v) is 4.48. The average molecular weight is 244 g/mol. The molecule has 0 aliphatic carbocycles. The second kappa shape index (κ2) is 6.78. The van der Waals surface area contributed by atoms with E-state index in [-0.39, 0.29) is 0 Å². The smallest absolute Gasteiger partial charge is 0.0193 e. The summed E-state index contributed by atoms with van der Waals surface area (Å²) in [6, 6.07) is 8.88. The molecule has 0 amide bonds. The van der Waals surface area contributed by atoms with Crippen LogP contribution in [0.5, 0.6) is 0 Å². The zero-order valence-electron chi connectivity index (χ0n) is 12.9. The van der Waals surface area contributed by atoms with Crippen molar-refractivity contribution in [2.45, 2.75) is 54.4 Å². The third-order valence-electron chi connectivity index (χ3n) is 4.48. The quantitative estimate of drug-likeness (QED) is 0.747. The van der Waals surface area contributed by atoms with Crippen molar-refractivity contribution in [1.29, 1.82) is 0 Å². The Labute approximate surface area is 112 Å². The molecule has 100 valence electrons. The van der Waals surface area contributed by atoms with Crippen molar-refractivity contribution in [2.24, 2.45) is 11.8 Å². The summed E-state index contributed by atoms with van der Waals surface area (Å²) in [5, 5.41) is 2.90. The van der Waals surface area contributed by atoms with Crippen molar-refractivity contribution in [3.05, 3.63) is 34.7 Å². The fourth-order valence-electron chi connectivity index (χ4n) is 2.31. The molecule has 1 rings (SSSR count). The monoisotopic (exact) mass is 244 g/mol. The van der Waals surface area contributed by atoms with Gasteiger partial charge in [-0.1, -0.05) is 63.1 Å². The molecule has 0 heterocycles. The van der Waals surface area contributed by atoms with Crippen LogP contribution in [-0.2, 0) is 0 Å². The summed E-state index contributed by atoms with van der Waals surface area (Å²) in [7, 11) is 0. The molecule has 1 aromatic carbocycles. The van der Waals surface area contributed by atoms with Crippen LogP contribution in [0.3, 0.4) is 0 Å². The Balaban J connectivity index is 3.59. The summed E-state index contributed by atoms with van der Waals surface area (Å²) in [4.78, 5) is 0. The van der Waals surface area contributed by atoms with E-state index < -0.39 is 0 Å². The summed E-state index contributed by atoms with van der Waals surface area (Å²) in [5.74, 6) is 1.33. The van der Waals surface area contributed by atoms with Crippen molar-refractivity contribution in [3.63, 3.8) is 0 Å². The van der Waals surface area contributed by atoms with E-state index in [0.717, 1.165) is 0 Å². The fourth-order valence-corrected chi connectivity index (χ4v) is 2.31. The Hall–Kier alpha value is -1.04. The van der Waals surface area contributed by atoms with Gasteiger partial charge in [0.2, 0.25) is 0 Å². The second-order valence-corrected chi connectivity index (χ2v) is 5.53. The van der Waals surface area contributed by atoms with Crippen molar-refractivity contribution in [2.75, 3.05) is 0 Å². The predicted molar refractivity (Wildman–Crippen MR) is 82.8 cm³/mol. The molecule has 0 heteroatoms. The SMILES string of the molecule is CCC(C)C(C)=c1ccccc1=C(C)C(C)CC. The van der Waals surface area contributed by atoms with Gasteiger partial charge in [-0.2, -0.15) is 0 Å². The molecule has 0 radical (unpaired) electrons. The summed E-state index contributed by atoms with van der Waals surface area (Å²) >= 11 is 0. The molecule has 2 atom stereocenters. The van der Waals surface area contributed by atoms with Crippen LogP contribution in [0.25, 0.3) is 11.1 Å². The van der Waals surface area contributed by atoms with Crippen molar-refractivity contribution in [3.8, 4) is 0 Å². The van der Waals surface area contributed by atoms with Gasteiger partial charge >= 0.3 is 0 Å². The average Bonchev–Trinajstić information content (AvgIpc) is 2.43. The first kappa shape index (κ1) is 15.0. The number of hydrogen-bond donors (Lipinski definition) is 0. The van der Waals surface area contributed by atoms with E-state index in [4.69, 9.17) is 0 Å². The highest BCUT2D eigenvalue weighted by Gasteiger charge is 2.06. The zero-order valence-corrected chi connectivity index (χ0v) is 12.9. The first-order valence-corrected chi connectivity index (χ1v) is 7.29. The summed E-state index contributed by atoms with van der Waals surface area (Å²) < 4.78 is 0. The minimum atomic E-state index is 0.663. The number of benzene rings is 1. The first-order chi connectivity index (χ1) is 8.52. The molecule has 0 bridgehead atoms. The van der Waals surface area contributed by atoms with Crippen molar-refractivity contribution in [1.82, 2.24) is 0 Å². The van der Waals surface area contributed by atoms with Gasteiger partial charge in [-0.3, -0.25) is 0 Å². The lowest BCUT2D eigenvalue weighted by Crippen LogP contribution is -2.30. The Morgan fingerprint density at radius 2 is 1.17 bits per heavy atom. The van der Waals surface area contributed by atoms with Crippen molar-refractivity contribution >= 4 is 11.1 Å². The number of hydrogen-bond acceptors (Lipinski definition) is 0. The molecule has 0 spiro atoms. The maximum Gasteiger partial charge on any atom is -0.0193 e. The highest BCUT2D eigenvalue weighted by Crippen LogP contribution is 2.14. The van der Waals surface area contributed by atoms with E-state index in [0.29, 0.717) is 11.8 Å². The lowest BCUT2D eigenvalue weighted by molar-refractivity contribution is 0.702. The minimum absolute atomic E-state index is 0.663. The highest BCUT2D eigenvalue weighted by atomic mass is 14.1. The molecule has 0 N–H and O–H groups in total. The van der Waals surface area contributed by atoms with Crippen LogP contribution < -0.4 is 10.4 Å². The van der Waals surface area contributed by atoms with Gasteiger partial charge in [0, 0.05) is 0 Å². The van der Waals surface area contributed by atoms with Gasteiger partial charge < -0.3 is 0 Å². The van der Waals surface area contributed by atoms with Gasteiger partial charge in [0.1, 0.15) is 0 Å². The molecule has 0 aliphatic heterocycles. The molecule has 0 aliphatic rings. The van der Waals surface area contributed by atoms with Crippen LogP contribution in [0.1, 0.15) is 54.4 Å². The molecule has 0 saturated carbocycles. The van der Waals surface area contributed by atoms with Gasteiger partial charge in [0.15, 0.2) is 0 Å². The predicted octanol–water partition coefficient (Wildman–Crippen LogP) is 4.12. The van der Waals surface area contributed by atoms with Crippen LogP contribution in [0, 0.1) is 11.8 Å². The standard InChI is InChI=1S/C18H28/c1-7-13(3)15(5)17-11-9-10-12-18(17)16(6)14(4)8-2/h9-14H,7-8H2,1-6H3. The Kier molecular flexibility index (Phi) is 5.65. The second-order valence-electron chi connectivity index (χ2n) is 5.53. The maximum absolute atomic E-state index is 2.32. The normalized spacial score (nSPS) is 18.1. The molecule has 0 fully saturated rings. The van der Waals surface area contributed by atoms with Gasteiger partial charge in [0.05, 0.1) is 0 Å². The topological polar surface area (TPSA) is 0 Å². The van der Waals surface area contributed by atoms with E-state index >= 15 is 0 Å². The molecule has 0 aromatic heterocycles. The molecular weight excluding hydrogens is 216 g/mol. The maximum atomic E-state index is 2.32. The Bertz CT molecular complexity index is 446. The van der Waals surface area contributed by atoms with E-state index in [1.54, 1.807) is 0 Å². The molecule has 0 saturated heterocycles. The first-order valence-electron chi connectivity index (χ1n) is 7.29. The Morgan fingerprint density at radius 1 is 0.833 bits per heavy atom. The van der Waals surface area contributed by atoms with Crippen molar-refractivity contribution < 1.29 is 0 Å². The van der Waals surface area contributed by atoms with Gasteiger partial charge in [0.25, 0.3) is 0 Å². The Morgan fingerprint density at radius 3 is 1.44 bits per heavy atom. The molecular formula is C18H28. The van der Waals surface area contributed by atoms with E-state index in [9.17, 15) is 0 Å². The third kappa shape index (κ3) is 3.25. The molecule has 0 nitrogen and oxygen atoms in total. The van der Waals surface area contributed by atoms with E-state index in [2.05, 4.69) is 65.8 Å². The zero-order chi connectivity index (χ0) is 13.7. The van der Waals surface area contributed by atoms with Crippen LogP contribution in [0.4, 0.5) is 0 Å². The van der Waals surface area contributed by atoms with Crippen LogP contribution >= 0.6 is 0 Å².